The van der Waals surface area contributed by atoms with Crippen molar-refractivity contribution in [3.8, 4) is 11.4 Å². The molecule has 0 bridgehead atoms. The third-order valence-electron chi connectivity index (χ3n) is 4.91. The minimum Gasteiger partial charge on any atom is -0.326 e. The fourth-order valence-corrected chi connectivity index (χ4v) is 5.06. The number of carbonyl (C=O) groups excluding carboxylic acids is 1. The van der Waals surface area contributed by atoms with Gasteiger partial charge in [-0.2, -0.15) is 0 Å². The largest absolute Gasteiger partial charge is 0.326 e. The first-order valence-corrected chi connectivity index (χ1v) is 11.5. The van der Waals surface area contributed by atoms with Crippen molar-refractivity contribution in [2.24, 2.45) is 0 Å². The van der Waals surface area contributed by atoms with E-state index in [0.29, 0.717) is 6.42 Å². The third kappa shape index (κ3) is 4.12. The van der Waals surface area contributed by atoms with Gasteiger partial charge >= 0.3 is 0 Å². The van der Waals surface area contributed by atoms with Crippen molar-refractivity contribution >= 4 is 34.7 Å². The van der Waals surface area contributed by atoms with Crippen LogP contribution in [0.3, 0.4) is 0 Å². The second kappa shape index (κ2) is 8.45. The summed E-state index contributed by atoms with van der Waals surface area (Å²) in [6, 6.07) is 7.86. The molecule has 3 aromatic rings. The molecule has 0 radical (unpaired) electrons. The first kappa shape index (κ1) is 19.1. The fraction of sp³-hybridized carbons (Fsp3) is 0.400. The molecule has 0 atom stereocenters. The van der Waals surface area contributed by atoms with Crippen molar-refractivity contribution in [2.75, 3.05) is 11.6 Å². The van der Waals surface area contributed by atoms with Gasteiger partial charge in [0, 0.05) is 29.1 Å². The van der Waals surface area contributed by atoms with Crippen molar-refractivity contribution in [3.05, 3.63) is 40.7 Å². The van der Waals surface area contributed by atoms with Crippen LogP contribution in [0, 0.1) is 6.92 Å². The van der Waals surface area contributed by atoms with Gasteiger partial charge in [-0.1, -0.05) is 18.2 Å². The average molecular weight is 414 g/mol. The Balaban J connectivity index is 1.44. The summed E-state index contributed by atoms with van der Waals surface area (Å²) < 4.78 is 3.23. The molecule has 1 aromatic carbocycles. The summed E-state index contributed by atoms with van der Waals surface area (Å²) in [5.41, 5.74) is 2.76. The number of aromatic nitrogens is 4. The average Bonchev–Trinajstić information content (AvgIpc) is 3.17. The van der Waals surface area contributed by atoms with Crippen LogP contribution in [0.5, 0.6) is 0 Å². The maximum atomic E-state index is 12.4. The molecule has 0 saturated carbocycles. The number of rotatable bonds is 5. The molecule has 1 aliphatic heterocycles. The molecule has 28 heavy (non-hydrogen) atoms. The number of hydrogen-bond donors (Lipinski definition) is 1. The number of hydrogen-bond acceptors (Lipinski definition) is 6. The van der Waals surface area contributed by atoms with E-state index in [1.165, 1.54) is 19.3 Å². The van der Waals surface area contributed by atoms with E-state index >= 15 is 0 Å². The predicted octanol–water partition coefficient (Wildman–Crippen LogP) is 4.34. The number of anilines is 1. The monoisotopic (exact) mass is 413 g/mol. The first-order chi connectivity index (χ1) is 13.6. The van der Waals surface area contributed by atoms with Gasteiger partial charge in [0.15, 0.2) is 5.82 Å². The Morgan fingerprint density at radius 3 is 2.79 bits per heavy atom. The van der Waals surface area contributed by atoms with Crippen LogP contribution >= 0.6 is 23.1 Å². The standard InChI is InChI=1S/C20H23N5OS2/c1-13-16(28-20(21-13)27-2)12-18(26)22-15-9-7-14(8-10-15)19-24-23-17-6-4-3-5-11-25(17)19/h7-10H,3-6,11-12H2,1-2H3,(H,22,26). The summed E-state index contributed by atoms with van der Waals surface area (Å²) >= 11 is 3.20. The summed E-state index contributed by atoms with van der Waals surface area (Å²) in [7, 11) is 0. The predicted molar refractivity (Wildman–Crippen MR) is 114 cm³/mol. The third-order valence-corrected chi connectivity index (χ3v) is 7.05. The Kier molecular flexibility index (Phi) is 5.77. The van der Waals surface area contributed by atoms with Crippen molar-refractivity contribution in [1.29, 1.82) is 0 Å². The highest BCUT2D eigenvalue weighted by molar-refractivity contribution is 8.00. The van der Waals surface area contributed by atoms with Gasteiger partial charge in [0.2, 0.25) is 5.91 Å². The number of carbonyl (C=O) groups is 1. The van der Waals surface area contributed by atoms with E-state index in [2.05, 4.69) is 25.1 Å². The number of nitrogens with zero attached hydrogens (tertiary/aromatic N) is 4. The number of benzene rings is 1. The molecule has 3 heterocycles. The number of thiazole rings is 1. The Hall–Kier alpha value is -2.19. The molecule has 146 valence electrons. The second-order valence-corrected chi connectivity index (χ2v) is 9.03. The van der Waals surface area contributed by atoms with Crippen molar-refractivity contribution < 1.29 is 4.79 Å². The molecule has 1 aliphatic rings. The van der Waals surface area contributed by atoms with E-state index in [1.807, 2.05) is 37.4 Å². The molecule has 1 amide bonds. The molecule has 0 fully saturated rings. The Labute approximate surface area is 172 Å². The Morgan fingerprint density at radius 2 is 2.04 bits per heavy atom. The highest BCUT2D eigenvalue weighted by atomic mass is 32.2. The summed E-state index contributed by atoms with van der Waals surface area (Å²) in [4.78, 5) is 17.9. The lowest BCUT2D eigenvalue weighted by molar-refractivity contribution is -0.115. The van der Waals surface area contributed by atoms with Gasteiger partial charge in [-0.05, 0) is 50.3 Å². The van der Waals surface area contributed by atoms with Crippen LogP contribution < -0.4 is 5.32 Å². The van der Waals surface area contributed by atoms with E-state index in [-0.39, 0.29) is 5.91 Å². The molecule has 1 N–H and O–H groups in total. The SMILES string of the molecule is CSc1nc(C)c(CC(=O)Nc2ccc(-c3nnc4n3CCCCC4)cc2)s1. The number of aryl methyl sites for hydroxylation is 2. The minimum atomic E-state index is -0.0245. The van der Waals surface area contributed by atoms with Crippen LogP contribution in [0.2, 0.25) is 0 Å². The molecular formula is C20H23N5OS2. The zero-order chi connectivity index (χ0) is 19.5. The van der Waals surface area contributed by atoms with Gasteiger partial charge in [0.05, 0.1) is 12.1 Å². The van der Waals surface area contributed by atoms with Gasteiger partial charge < -0.3 is 9.88 Å². The minimum absolute atomic E-state index is 0.0245. The lowest BCUT2D eigenvalue weighted by Crippen LogP contribution is -2.14. The van der Waals surface area contributed by atoms with Gasteiger partial charge in [-0.25, -0.2) is 4.98 Å². The van der Waals surface area contributed by atoms with Crippen LogP contribution in [0.1, 0.15) is 35.7 Å². The lowest BCUT2D eigenvalue weighted by Gasteiger charge is -2.08. The Bertz CT molecular complexity index is 977. The van der Waals surface area contributed by atoms with Crippen LogP contribution in [0.15, 0.2) is 28.6 Å². The smallest absolute Gasteiger partial charge is 0.229 e. The zero-order valence-corrected chi connectivity index (χ0v) is 17.7. The quantitative estimate of drug-likeness (QED) is 0.630. The van der Waals surface area contributed by atoms with Crippen LogP contribution in [0.4, 0.5) is 5.69 Å². The molecule has 4 rings (SSSR count). The van der Waals surface area contributed by atoms with E-state index in [1.54, 1.807) is 23.1 Å². The Morgan fingerprint density at radius 1 is 1.21 bits per heavy atom. The lowest BCUT2D eigenvalue weighted by atomic mass is 10.2. The number of thioether (sulfide) groups is 1. The highest BCUT2D eigenvalue weighted by Gasteiger charge is 2.16. The fourth-order valence-electron chi connectivity index (χ4n) is 3.40. The summed E-state index contributed by atoms with van der Waals surface area (Å²) in [6.07, 6.45) is 6.94. The van der Waals surface area contributed by atoms with Gasteiger partial charge in [-0.3, -0.25) is 4.79 Å². The number of fused-ring (bicyclic) bond motifs is 1. The van der Waals surface area contributed by atoms with E-state index in [9.17, 15) is 4.79 Å². The summed E-state index contributed by atoms with van der Waals surface area (Å²) in [6.45, 7) is 2.93. The highest BCUT2D eigenvalue weighted by Crippen LogP contribution is 2.27. The second-order valence-electron chi connectivity index (χ2n) is 6.90. The van der Waals surface area contributed by atoms with Gasteiger partial charge in [-0.15, -0.1) is 21.5 Å². The van der Waals surface area contributed by atoms with E-state index in [4.69, 9.17) is 0 Å². The summed E-state index contributed by atoms with van der Waals surface area (Å²) in [5.74, 6) is 1.97. The van der Waals surface area contributed by atoms with Crippen LogP contribution in [-0.2, 0) is 24.2 Å². The van der Waals surface area contributed by atoms with Crippen molar-refractivity contribution in [2.45, 2.75) is 49.9 Å². The van der Waals surface area contributed by atoms with Crippen LogP contribution in [-0.4, -0.2) is 31.9 Å². The number of amides is 1. The molecule has 6 nitrogen and oxygen atoms in total. The van der Waals surface area contributed by atoms with Crippen LogP contribution in [0.25, 0.3) is 11.4 Å². The molecular weight excluding hydrogens is 390 g/mol. The molecule has 0 spiro atoms. The first-order valence-electron chi connectivity index (χ1n) is 9.46. The molecule has 2 aromatic heterocycles. The van der Waals surface area contributed by atoms with E-state index < -0.39 is 0 Å². The van der Waals surface area contributed by atoms with E-state index in [0.717, 1.165) is 50.8 Å². The van der Waals surface area contributed by atoms with Crippen molar-refractivity contribution in [3.63, 3.8) is 0 Å². The summed E-state index contributed by atoms with van der Waals surface area (Å²) in [5, 5.41) is 11.7. The maximum Gasteiger partial charge on any atom is 0.229 e. The maximum absolute atomic E-state index is 12.4. The molecule has 0 aliphatic carbocycles. The van der Waals surface area contributed by atoms with Crippen molar-refractivity contribution in [1.82, 2.24) is 19.7 Å². The normalized spacial score (nSPS) is 13.8. The van der Waals surface area contributed by atoms with Gasteiger partial charge in [0.25, 0.3) is 0 Å². The molecule has 0 unspecified atom stereocenters. The molecule has 8 heteroatoms. The van der Waals surface area contributed by atoms with Gasteiger partial charge in [0.1, 0.15) is 10.2 Å². The molecule has 0 saturated heterocycles. The zero-order valence-electron chi connectivity index (χ0n) is 16.1. The number of nitrogens with one attached hydrogen (secondary N) is 1. The topological polar surface area (TPSA) is 72.7 Å².